The fraction of sp³-hybridized carbons (Fsp3) is 0.143. The molecule has 16 heteroatoms. The molecule has 0 radical (unpaired) electrons. The van der Waals surface area contributed by atoms with Gasteiger partial charge in [0, 0.05) is 28.8 Å². The molecule has 0 aliphatic heterocycles. The first-order valence-electron chi connectivity index (χ1n) is 7.51. The van der Waals surface area contributed by atoms with Crippen molar-refractivity contribution in [3.63, 3.8) is 0 Å². The zero-order chi connectivity index (χ0) is 22.9. The van der Waals surface area contributed by atoms with Gasteiger partial charge in [-0.05, 0) is 0 Å². The van der Waals surface area contributed by atoms with E-state index in [9.17, 15) is 21.4 Å². The van der Waals surface area contributed by atoms with Gasteiger partial charge in [0.1, 0.15) is 9.79 Å². The molecule has 30 heavy (non-hydrogen) atoms. The quantitative estimate of drug-likeness (QED) is 0.238. The number of anilines is 2. The van der Waals surface area contributed by atoms with E-state index in [1.54, 1.807) is 0 Å². The van der Waals surface area contributed by atoms with Crippen LogP contribution in [0.1, 0.15) is 0 Å². The molecule has 0 saturated carbocycles. The second-order valence-corrected chi connectivity index (χ2v) is 9.03. The summed E-state index contributed by atoms with van der Waals surface area (Å²) in [5, 5.41) is 0. The molecule has 0 aliphatic carbocycles. The van der Waals surface area contributed by atoms with Crippen molar-refractivity contribution in [3.05, 3.63) is 24.3 Å². The van der Waals surface area contributed by atoms with Crippen LogP contribution in [0.15, 0.2) is 34.1 Å². The number of ether oxygens (including phenoxy) is 2. The second-order valence-electron chi connectivity index (χ2n) is 5.44. The minimum Gasteiger partial charge on any atom is -0.493 e. The van der Waals surface area contributed by atoms with Crippen molar-refractivity contribution in [1.29, 1.82) is 0 Å². The third-order valence-electron chi connectivity index (χ3n) is 3.49. The van der Waals surface area contributed by atoms with Gasteiger partial charge < -0.3 is 20.9 Å². The van der Waals surface area contributed by atoms with Gasteiger partial charge in [-0.1, -0.05) is 0 Å². The molecule has 2 aromatic carbocycles. The van der Waals surface area contributed by atoms with Crippen LogP contribution in [-0.2, 0) is 24.8 Å². The summed E-state index contributed by atoms with van der Waals surface area (Å²) in [6.45, 7) is 0. The molecule has 0 fully saturated rings. The van der Waals surface area contributed by atoms with E-state index in [-0.39, 0.29) is 23.0 Å². The van der Waals surface area contributed by atoms with E-state index >= 15 is 0 Å². The van der Waals surface area contributed by atoms with Crippen LogP contribution in [0.25, 0.3) is 0 Å². The number of hydrogen-bond acceptors (Lipinski definition) is 11. The summed E-state index contributed by atoms with van der Waals surface area (Å²) in [5.41, 5.74) is 10.3. The molecule has 13 nitrogen and oxygen atoms in total. The highest BCUT2D eigenvalue weighted by molar-refractivity contribution is 7.86. The Bertz CT molecular complexity index is 1120. The Morgan fingerprint density at radius 2 is 1.07 bits per heavy atom. The van der Waals surface area contributed by atoms with E-state index in [1.165, 1.54) is 0 Å². The third kappa shape index (κ3) is 5.20. The lowest BCUT2D eigenvalue weighted by Crippen LogP contribution is -2.05. The van der Waals surface area contributed by atoms with Gasteiger partial charge in [0.05, 0.1) is 25.6 Å². The SMILES string of the molecule is COc1cc(S(=O)(=O)O)c(N)cc1O[P+](=O)Oc1cc(N)c(S(=O)(=O)O)cc1OC. The minimum atomic E-state index is -4.65. The number of nitrogen functional groups attached to an aromatic ring is 2. The summed E-state index contributed by atoms with van der Waals surface area (Å²) in [6, 6.07) is 3.57. The molecule has 0 atom stereocenters. The van der Waals surface area contributed by atoms with Gasteiger partial charge in [-0.2, -0.15) is 16.8 Å². The van der Waals surface area contributed by atoms with Crippen LogP contribution in [0.3, 0.4) is 0 Å². The predicted molar refractivity (Wildman–Crippen MR) is 103 cm³/mol. The first-order valence-corrected chi connectivity index (χ1v) is 11.5. The molecule has 0 saturated heterocycles. The molecule has 2 rings (SSSR count). The molecule has 6 N–H and O–H groups in total. The van der Waals surface area contributed by atoms with Crippen molar-refractivity contribution in [2.24, 2.45) is 0 Å². The minimum absolute atomic E-state index is 0.239. The van der Waals surface area contributed by atoms with Crippen LogP contribution in [0.2, 0.25) is 0 Å². The fourth-order valence-corrected chi connectivity index (χ4v) is 4.07. The zero-order valence-corrected chi connectivity index (χ0v) is 17.8. The Labute approximate surface area is 171 Å². The van der Waals surface area contributed by atoms with Gasteiger partial charge in [0.2, 0.25) is 11.5 Å². The first-order chi connectivity index (χ1) is 13.8. The van der Waals surface area contributed by atoms with E-state index in [4.69, 9.17) is 39.1 Å². The number of nitrogens with two attached hydrogens (primary N) is 2. The number of rotatable bonds is 8. The Balaban J connectivity index is 2.37. The molecule has 0 bridgehead atoms. The van der Waals surface area contributed by atoms with Crippen molar-refractivity contribution < 1.29 is 49.0 Å². The molecule has 0 spiro atoms. The first kappa shape index (κ1) is 23.4. The summed E-state index contributed by atoms with van der Waals surface area (Å²) >= 11 is 0. The smallest absolute Gasteiger partial charge is 0.493 e. The maximum absolute atomic E-state index is 12.3. The lowest BCUT2D eigenvalue weighted by atomic mass is 10.3. The normalized spacial score (nSPS) is 11.6. The predicted octanol–water partition coefficient (Wildman–Crippen LogP) is 1.48. The summed E-state index contributed by atoms with van der Waals surface area (Å²) in [7, 11) is -10.0. The van der Waals surface area contributed by atoms with Crippen LogP contribution in [-0.4, -0.2) is 40.2 Å². The molecule has 2 aromatic rings. The Kier molecular flexibility index (Phi) is 6.63. The van der Waals surface area contributed by atoms with Gasteiger partial charge >= 0.3 is 8.25 Å². The molecular weight excluding hydrogens is 467 g/mol. The fourth-order valence-electron chi connectivity index (χ4n) is 2.20. The average molecular weight is 483 g/mol. The van der Waals surface area contributed by atoms with Gasteiger partial charge in [0.15, 0.2) is 11.5 Å². The van der Waals surface area contributed by atoms with Gasteiger partial charge in [-0.15, -0.1) is 0 Å². The number of hydrogen-bond donors (Lipinski definition) is 4. The van der Waals surface area contributed by atoms with Crippen molar-refractivity contribution >= 4 is 39.9 Å². The van der Waals surface area contributed by atoms with Crippen molar-refractivity contribution in [2.75, 3.05) is 25.7 Å². The summed E-state index contributed by atoms with van der Waals surface area (Å²) in [4.78, 5) is -1.31. The van der Waals surface area contributed by atoms with Crippen LogP contribution in [0.4, 0.5) is 11.4 Å². The number of benzene rings is 2. The molecule has 0 amide bonds. The van der Waals surface area contributed by atoms with E-state index in [2.05, 4.69) is 0 Å². The highest BCUT2D eigenvalue weighted by Gasteiger charge is 2.31. The zero-order valence-electron chi connectivity index (χ0n) is 15.3. The lowest BCUT2D eigenvalue weighted by molar-refractivity contribution is 0.361. The monoisotopic (exact) mass is 483 g/mol. The summed E-state index contributed by atoms with van der Waals surface area (Å²) < 4.78 is 95.8. The van der Waals surface area contributed by atoms with Crippen LogP contribution >= 0.6 is 8.25 Å². The summed E-state index contributed by atoms with van der Waals surface area (Å²) in [5.74, 6) is -1.05. The van der Waals surface area contributed by atoms with Gasteiger partial charge in [-0.25, -0.2) is 9.05 Å². The molecule has 0 unspecified atom stereocenters. The molecule has 0 aliphatic rings. The molecule has 0 heterocycles. The molecule has 164 valence electrons. The maximum Gasteiger partial charge on any atom is 0.805 e. The highest BCUT2D eigenvalue weighted by Crippen LogP contribution is 2.43. The highest BCUT2D eigenvalue weighted by atomic mass is 32.2. The van der Waals surface area contributed by atoms with E-state index in [1.807, 2.05) is 0 Å². The largest absolute Gasteiger partial charge is 0.805 e. The average Bonchev–Trinajstić information content (AvgIpc) is 2.59. The van der Waals surface area contributed by atoms with Crippen molar-refractivity contribution in [1.82, 2.24) is 0 Å². The summed E-state index contributed by atoms with van der Waals surface area (Å²) in [6.07, 6.45) is 0. The van der Waals surface area contributed by atoms with Crippen LogP contribution in [0, 0.1) is 0 Å². The van der Waals surface area contributed by atoms with Crippen LogP contribution in [0.5, 0.6) is 23.0 Å². The Hall–Kier alpha value is -2.84. The standard InChI is InChI=1S/C14H15N2O11PS2/c1-24-9-5-13(29(18,19)20)7(15)3-11(9)26-28(17)27-12-4-8(16)14(30(21,22)23)6-10(12)25-2/h3-6H,15-16H2,1-2H3,(H-,18,19,20,21,22,23)/p+1. The van der Waals surface area contributed by atoms with E-state index in [0.29, 0.717) is 0 Å². The Morgan fingerprint density at radius 3 is 1.33 bits per heavy atom. The van der Waals surface area contributed by atoms with Gasteiger partial charge in [0.25, 0.3) is 20.2 Å². The molecular formula is C14H16N2O11PS2+. The number of methoxy groups -OCH3 is 2. The Morgan fingerprint density at radius 1 is 0.733 bits per heavy atom. The molecule has 0 aromatic heterocycles. The topological polar surface area (TPSA) is 215 Å². The van der Waals surface area contributed by atoms with Crippen molar-refractivity contribution in [3.8, 4) is 23.0 Å². The van der Waals surface area contributed by atoms with Crippen molar-refractivity contribution in [2.45, 2.75) is 9.79 Å². The second kappa shape index (κ2) is 8.49. The van der Waals surface area contributed by atoms with E-state index in [0.717, 1.165) is 38.5 Å². The van der Waals surface area contributed by atoms with Crippen LogP contribution < -0.4 is 30.0 Å². The lowest BCUT2D eigenvalue weighted by Gasteiger charge is -2.09. The van der Waals surface area contributed by atoms with E-state index < -0.39 is 49.7 Å². The third-order valence-corrected chi connectivity index (χ3v) is 6.00. The maximum atomic E-state index is 12.3. The van der Waals surface area contributed by atoms with Gasteiger partial charge in [-0.3, -0.25) is 9.11 Å².